The van der Waals surface area contributed by atoms with Gasteiger partial charge in [0.2, 0.25) is 0 Å². The van der Waals surface area contributed by atoms with Crippen molar-refractivity contribution in [1.82, 2.24) is 9.80 Å². The second-order valence-corrected chi connectivity index (χ2v) is 20.3. The standard InChI is InChI=1S/C24H29NO2S2.C13H13BrOS2.C11H18BNO3/c1-25(2)15-6-16-26-22-11-9-20(10-12-22)24-14-13-23(29-24)19-28-18-17-27-21-7-4-3-5-8-21;14-13-7-6-12(17-13)10-16-9-8-15-11-4-2-1-3-5-11;1-13(2)8-3-9-16-11-6-4-10(5-7-11)12(14)15/h3-5,7-14H,6,15-19H2,1-2H3;1-7H,8-10H2;4-7,14-15H,3,8-9H2,1-2H3. The maximum Gasteiger partial charge on any atom is 0.488 e. The highest BCUT2D eigenvalue weighted by Gasteiger charge is 2.10. The van der Waals surface area contributed by atoms with Crippen molar-refractivity contribution in [2.24, 2.45) is 0 Å². The van der Waals surface area contributed by atoms with Crippen LogP contribution in [0.4, 0.5) is 0 Å². The highest BCUT2D eigenvalue weighted by molar-refractivity contribution is 9.11. The molecule has 6 aromatic rings. The number of thiophene rings is 2. The molecule has 0 spiro atoms. The third-order valence-electron chi connectivity index (χ3n) is 8.61. The molecule has 0 saturated carbocycles. The predicted octanol–water partition coefficient (Wildman–Crippen LogP) is 10.6. The first-order valence-electron chi connectivity index (χ1n) is 20.6. The lowest BCUT2D eigenvalue weighted by Crippen LogP contribution is -2.29. The first-order chi connectivity index (χ1) is 30.1. The van der Waals surface area contributed by atoms with E-state index in [1.807, 2.05) is 110 Å². The van der Waals surface area contributed by atoms with Crippen LogP contribution in [0.15, 0.2) is 137 Å². The van der Waals surface area contributed by atoms with Crippen LogP contribution in [0.2, 0.25) is 0 Å². The Morgan fingerprint density at radius 2 is 0.952 bits per heavy atom. The fraction of sp³-hybridized carbons (Fsp3) is 0.333. The number of rotatable bonds is 24. The summed E-state index contributed by atoms with van der Waals surface area (Å²) in [6.45, 7) is 4.97. The van der Waals surface area contributed by atoms with Crippen molar-refractivity contribution in [2.45, 2.75) is 24.3 Å². The van der Waals surface area contributed by atoms with Crippen LogP contribution in [0.1, 0.15) is 22.6 Å². The van der Waals surface area contributed by atoms with Crippen LogP contribution in [0.5, 0.6) is 23.0 Å². The summed E-state index contributed by atoms with van der Waals surface area (Å²) in [5.74, 6) is 7.68. The molecule has 4 aromatic carbocycles. The lowest BCUT2D eigenvalue weighted by Gasteiger charge is -2.10. The summed E-state index contributed by atoms with van der Waals surface area (Å²) in [7, 11) is 6.81. The largest absolute Gasteiger partial charge is 0.494 e. The van der Waals surface area contributed by atoms with Gasteiger partial charge in [-0.15, -0.1) is 22.7 Å². The molecule has 0 radical (unpaired) electrons. The number of ether oxygens (including phenoxy) is 4. The minimum absolute atomic E-state index is 0.473. The van der Waals surface area contributed by atoms with Crippen molar-refractivity contribution in [1.29, 1.82) is 0 Å². The van der Waals surface area contributed by atoms with Gasteiger partial charge in [-0.25, -0.2) is 0 Å². The second-order valence-electron chi connectivity index (χ2n) is 14.4. The molecular weight excluding hydrogens is 920 g/mol. The van der Waals surface area contributed by atoms with E-state index in [9.17, 15) is 0 Å². The average Bonchev–Trinajstić information content (AvgIpc) is 3.94. The van der Waals surface area contributed by atoms with E-state index < -0.39 is 7.12 Å². The van der Waals surface area contributed by atoms with Crippen LogP contribution in [0, 0.1) is 0 Å². The smallest absolute Gasteiger partial charge is 0.488 e. The fourth-order valence-corrected chi connectivity index (χ4v) is 9.79. The van der Waals surface area contributed by atoms with Gasteiger partial charge in [0.15, 0.2) is 0 Å². The van der Waals surface area contributed by atoms with Crippen LogP contribution in [-0.4, -0.2) is 106 Å². The SMILES string of the molecule is Brc1ccc(CSCCOc2ccccc2)s1.CN(C)CCCOc1ccc(-c2ccc(CSCCOc3ccccc3)s2)cc1.CN(C)CCCOc1ccc(B(O)O)cc1. The Labute approximate surface area is 394 Å². The monoisotopic (exact) mass is 978 g/mol. The number of thioether (sulfide) groups is 2. The van der Waals surface area contributed by atoms with Crippen LogP contribution >= 0.6 is 62.1 Å². The summed E-state index contributed by atoms with van der Waals surface area (Å²) >= 11 is 10.9. The van der Waals surface area contributed by atoms with E-state index in [1.54, 1.807) is 35.6 Å². The molecule has 0 saturated heterocycles. The van der Waals surface area contributed by atoms with E-state index in [2.05, 4.69) is 88.4 Å². The topological polar surface area (TPSA) is 83.9 Å². The Balaban J connectivity index is 0.000000219. The lowest BCUT2D eigenvalue weighted by atomic mass is 9.80. The zero-order valence-electron chi connectivity index (χ0n) is 36.2. The van der Waals surface area contributed by atoms with Gasteiger partial charge in [-0.05, 0) is 153 Å². The summed E-state index contributed by atoms with van der Waals surface area (Å²) in [6.07, 6.45) is 2.01. The van der Waals surface area contributed by atoms with Crippen molar-refractivity contribution in [3.63, 3.8) is 0 Å². The molecular formula is C48H60BBrN2O6S4. The van der Waals surface area contributed by atoms with Crippen molar-refractivity contribution in [3.05, 3.63) is 147 Å². The van der Waals surface area contributed by atoms with Crippen LogP contribution in [0.3, 0.4) is 0 Å². The highest BCUT2D eigenvalue weighted by atomic mass is 79.9. The molecule has 14 heteroatoms. The Hall–Kier alpha value is -3.44. The maximum absolute atomic E-state index is 8.90. The first-order valence-corrected chi connectivity index (χ1v) is 25.3. The zero-order chi connectivity index (χ0) is 44.2. The fourth-order valence-electron chi connectivity index (χ4n) is 5.45. The van der Waals surface area contributed by atoms with E-state index >= 15 is 0 Å². The van der Waals surface area contributed by atoms with Gasteiger partial charge in [0, 0.05) is 50.7 Å². The first kappa shape index (κ1) is 51.2. The number of nitrogens with zero attached hydrogens (tertiary/aromatic N) is 2. The number of benzene rings is 4. The molecule has 8 nitrogen and oxygen atoms in total. The van der Waals surface area contributed by atoms with Gasteiger partial charge >= 0.3 is 7.12 Å². The normalized spacial score (nSPS) is 10.7. The Kier molecular flexibility index (Phi) is 25.3. The number of hydrogen-bond acceptors (Lipinski definition) is 12. The highest BCUT2D eigenvalue weighted by Crippen LogP contribution is 2.31. The molecule has 0 aliphatic heterocycles. The summed E-state index contributed by atoms with van der Waals surface area (Å²) in [4.78, 5) is 8.39. The molecule has 332 valence electrons. The van der Waals surface area contributed by atoms with E-state index in [1.165, 1.54) is 24.0 Å². The lowest BCUT2D eigenvalue weighted by molar-refractivity contribution is 0.281. The van der Waals surface area contributed by atoms with Crippen molar-refractivity contribution < 1.29 is 29.0 Å². The van der Waals surface area contributed by atoms with Crippen molar-refractivity contribution in [2.75, 3.05) is 79.2 Å². The molecule has 2 N–H and O–H groups in total. The van der Waals surface area contributed by atoms with E-state index in [-0.39, 0.29) is 0 Å². The second kappa shape index (κ2) is 30.6. The quantitative estimate of drug-likeness (QED) is 0.0452. The molecule has 0 aliphatic carbocycles. The van der Waals surface area contributed by atoms with Gasteiger partial charge in [0.05, 0.1) is 30.2 Å². The molecule has 2 aromatic heterocycles. The van der Waals surface area contributed by atoms with Crippen LogP contribution in [0.25, 0.3) is 10.4 Å². The van der Waals surface area contributed by atoms with Gasteiger partial charge in [-0.1, -0.05) is 48.5 Å². The molecule has 62 heavy (non-hydrogen) atoms. The number of halogens is 1. The summed E-state index contributed by atoms with van der Waals surface area (Å²) in [5, 5.41) is 17.8. The summed E-state index contributed by atoms with van der Waals surface area (Å²) in [5.41, 5.74) is 1.72. The van der Waals surface area contributed by atoms with Gasteiger partial charge in [0.25, 0.3) is 0 Å². The third kappa shape index (κ3) is 22.3. The molecule has 6 rings (SSSR count). The van der Waals surface area contributed by atoms with Crippen LogP contribution in [-0.2, 0) is 11.5 Å². The van der Waals surface area contributed by atoms with E-state index in [0.29, 0.717) is 12.1 Å². The zero-order valence-corrected chi connectivity index (χ0v) is 41.0. The molecule has 0 bridgehead atoms. The Morgan fingerprint density at radius 1 is 0.516 bits per heavy atom. The minimum atomic E-state index is -1.41. The summed E-state index contributed by atoms with van der Waals surface area (Å²) in [6, 6.07) is 43.9. The molecule has 0 unspecified atom stereocenters. The maximum atomic E-state index is 8.90. The predicted molar refractivity (Wildman–Crippen MR) is 272 cm³/mol. The van der Waals surface area contributed by atoms with Gasteiger partial charge < -0.3 is 38.8 Å². The summed E-state index contributed by atoms with van der Waals surface area (Å²) < 4.78 is 23.9. The van der Waals surface area contributed by atoms with Gasteiger partial charge in [0.1, 0.15) is 23.0 Å². The van der Waals surface area contributed by atoms with Gasteiger partial charge in [-0.2, -0.15) is 23.5 Å². The average molecular weight is 980 g/mol. The Bertz CT molecular complexity index is 2020. The number of para-hydroxylation sites is 2. The van der Waals surface area contributed by atoms with Crippen LogP contribution < -0.4 is 24.4 Å². The van der Waals surface area contributed by atoms with Crippen molar-refractivity contribution in [3.8, 4) is 33.4 Å². The van der Waals surface area contributed by atoms with Crippen molar-refractivity contribution >= 4 is 74.7 Å². The third-order valence-corrected chi connectivity index (χ3v) is 13.7. The van der Waals surface area contributed by atoms with E-state index in [0.717, 1.165) is 91.8 Å². The molecule has 2 heterocycles. The van der Waals surface area contributed by atoms with Gasteiger partial charge in [-0.3, -0.25) is 0 Å². The molecule has 0 amide bonds. The molecule has 0 aliphatic rings. The Morgan fingerprint density at radius 3 is 1.40 bits per heavy atom. The minimum Gasteiger partial charge on any atom is -0.494 e. The molecule has 0 fully saturated rings. The number of hydrogen-bond donors (Lipinski definition) is 2. The molecule has 0 atom stereocenters. The van der Waals surface area contributed by atoms with E-state index in [4.69, 9.17) is 29.0 Å².